The molecular weight excluding hydrogens is 639 g/mol. The Bertz CT molecular complexity index is 1450. The van der Waals surface area contributed by atoms with Crippen LogP contribution in [0.2, 0.25) is 36.3 Å². The lowest BCUT2D eigenvalue weighted by Gasteiger charge is -2.38. The van der Waals surface area contributed by atoms with Crippen LogP contribution in [0.1, 0.15) is 80.3 Å². The number of carbonyl (C=O) groups is 2. The number of hydrogen-bond donors (Lipinski definition) is 1. The number of benzene rings is 1. The van der Waals surface area contributed by atoms with Crippen molar-refractivity contribution in [2.75, 3.05) is 13.2 Å². The van der Waals surface area contributed by atoms with Crippen molar-refractivity contribution in [3.05, 3.63) is 52.5 Å². The Morgan fingerprint density at radius 2 is 1.65 bits per heavy atom. The van der Waals surface area contributed by atoms with Gasteiger partial charge in [-0.3, -0.25) is 14.3 Å². The molecule has 4 atom stereocenters. The van der Waals surface area contributed by atoms with E-state index < -0.39 is 34.8 Å². The zero-order valence-electron chi connectivity index (χ0n) is 31.5. The number of carbonyl (C=O) groups excluding carboxylic acids is 2. The molecule has 1 N–H and O–H groups in total. The van der Waals surface area contributed by atoms with E-state index in [0.717, 1.165) is 23.4 Å². The van der Waals surface area contributed by atoms with E-state index in [2.05, 4.69) is 95.1 Å². The lowest BCUT2D eigenvalue weighted by atomic mass is 10.0. The smallest absolute Gasteiger partial charge is 0.243 e. The molecular formula is C35H59N7O4Si2. The van der Waals surface area contributed by atoms with Crippen LogP contribution in [0, 0.1) is 5.92 Å². The minimum absolute atomic E-state index is 0.0138. The van der Waals surface area contributed by atoms with Crippen LogP contribution in [0.3, 0.4) is 0 Å². The Morgan fingerprint density at radius 3 is 2.17 bits per heavy atom. The fourth-order valence-corrected chi connectivity index (χ4v) is 7.75. The van der Waals surface area contributed by atoms with Crippen LogP contribution in [0.25, 0.3) is 21.7 Å². The normalized spacial score (nSPS) is 18.8. The van der Waals surface area contributed by atoms with E-state index in [9.17, 15) is 15.1 Å². The third-order valence-electron chi connectivity index (χ3n) is 10.5. The van der Waals surface area contributed by atoms with Crippen LogP contribution in [0.15, 0.2) is 41.6 Å². The molecule has 13 heteroatoms. The molecule has 0 bridgehead atoms. The third kappa shape index (κ3) is 9.17. The van der Waals surface area contributed by atoms with Crippen molar-refractivity contribution >= 4 is 28.4 Å². The topological polar surface area (TPSA) is 134 Å². The summed E-state index contributed by atoms with van der Waals surface area (Å²) in [5.74, 6) is -0.855. The SMILES string of the molecule is CCn1nccc1-c1ccc([C@@H](CO[Si](C)(C)C(C)(C)C)NC(=O)[C@@H]2C[C@@H](O[Si](C)(C)C(C)(C)C)CN2C(=O)[C@@H](N=[N+]=[N-])C(C)C)cc1. The van der Waals surface area contributed by atoms with Crippen LogP contribution in [-0.4, -0.2) is 74.5 Å². The molecule has 11 nitrogen and oxygen atoms in total. The zero-order valence-corrected chi connectivity index (χ0v) is 33.5. The quantitative estimate of drug-likeness (QED) is 0.0978. The first kappa shape index (κ1) is 39.5. The van der Waals surface area contributed by atoms with Crippen LogP contribution < -0.4 is 5.32 Å². The Kier molecular flexibility index (Phi) is 12.6. The van der Waals surface area contributed by atoms with Gasteiger partial charge in [0.15, 0.2) is 16.6 Å². The van der Waals surface area contributed by atoms with Gasteiger partial charge in [0.1, 0.15) is 12.1 Å². The van der Waals surface area contributed by atoms with Crippen LogP contribution in [0.4, 0.5) is 0 Å². The average molecular weight is 698 g/mol. The maximum absolute atomic E-state index is 14.4. The summed E-state index contributed by atoms with van der Waals surface area (Å²) in [6.07, 6.45) is 1.85. The Morgan fingerprint density at radius 1 is 1.04 bits per heavy atom. The molecule has 0 unspecified atom stereocenters. The van der Waals surface area contributed by atoms with E-state index in [1.807, 2.05) is 48.9 Å². The van der Waals surface area contributed by atoms with Gasteiger partial charge in [0.2, 0.25) is 11.8 Å². The van der Waals surface area contributed by atoms with Crippen molar-refractivity contribution in [1.29, 1.82) is 0 Å². The summed E-state index contributed by atoms with van der Waals surface area (Å²) in [4.78, 5) is 32.8. The Labute approximate surface area is 290 Å². The first-order chi connectivity index (χ1) is 22.1. The van der Waals surface area contributed by atoms with Crippen LogP contribution in [-0.2, 0) is 25.0 Å². The predicted octanol–water partition coefficient (Wildman–Crippen LogP) is 8.08. The number of nitrogens with one attached hydrogen (secondary N) is 1. The highest BCUT2D eigenvalue weighted by atomic mass is 28.4. The van der Waals surface area contributed by atoms with Gasteiger partial charge in [-0.05, 0) is 71.8 Å². The van der Waals surface area contributed by atoms with E-state index in [4.69, 9.17) is 8.85 Å². The van der Waals surface area contributed by atoms with Crippen LogP contribution in [0.5, 0.6) is 0 Å². The standard InChI is InChI=1S/C35H59N7O4Si2/c1-14-42-29(19-20-37-42)26-17-15-25(16-18-26)28(23-45-47(10,11)34(4,5)6)38-32(43)30-21-27(46-48(12,13)35(7,8)9)22-41(30)33(44)31(24(2)3)39-40-36/h15-20,24,27-28,30-31H,14,21-23H2,1-13H3,(H,38,43)/t27-,28-,30+,31+/m1/s1. The van der Waals surface area contributed by atoms with Gasteiger partial charge in [-0.15, -0.1) is 0 Å². The molecule has 3 rings (SSSR count). The molecule has 1 fully saturated rings. The van der Waals surface area contributed by atoms with Crippen molar-refractivity contribution < 1.29 is 18.4 Å². The summed E-state index contributed by atoms with van der Waals surface area (Å²) in [5.41, 5.74) is 12.2. The van der Waals surface area contributed by atoms with Gasteiger partial charge in [-0.2, -0.15) is 5.10 Å². The van der Waals surface area contributed by atoms with E-state index in [0.29, 0.717) is 13.0 Å². The van der Waals surface area contributed by atoms with E-state index in [1.54, 1.807) is 11.1 Å². The highest BCUT2D eigenvalue weighted by molar-refractivity contribution is 6.74. The molecule has 1 aromatic heterocycles. The van der Waals surface area contributed by atoms with Crippen LogP contribution >= 0.6 is 0 Å². The molecule has 1 aromatic carbocycles. The first-order valence-corrected chi connectivity index (χ1v) is 23.0. The molecule has 2 amide bonds. The lowest BCUT2D eigenvalue weighted by molar-refractivity contribution is -0.140. The number of nitrogens with zero attached hydrogens (tertiary/aromatic N) is 6. The average Bonchev–Trinajstić information content (AvgIpc) is 3.63. The molecule has 0 aliphatic carbocycles. The molecule has 1 aliphatic rings. The maximum atomic E-state index is 14.4. The van der Waals surface area contributed by atoms with Gasteiger partial charge < -0.3 is 19.1 Å². The monoisotopic (exact) mass is 697 g/mol. The molecule has 2 heterocycles. The molecule has 48 heavy (non-hydrogen) atoms. The zero-order chi connectivity index (χ0) is 36.2. The Balaban J connectivity index is 1.98. The van der Waals surface area contributed by atoms with E-state index in [1.165, 1.54) is 0 Å². The van der Waals surface area contributed by atoms with Gasteiger partial charge in [0.25, 0.3) is 0 Å². The van der Waals surface area contributed by atoms with Crippen molar-refractivity contribution in [2.45, 2.75) is 136 Å². The van der Waals surface area contributed by atoms with Crippen molar-refractivity contribution in [1.82, 2.24) is 20.0 Å². The molecule has 1 saturated heterocycles. The number of amides is 2. The number of rotatable bonds is 13. The number of hydrogen-bond acceptors (Lipinski definition) is 6. The lowest BCUT2D eigenvalue weighted by Crippen LogP contribution is -2.51. The van der Waals surface area contributed by atoms with E-state index >= 15 is 0 Å². The fraction of sp³-hybridized carbons (Fsp3) is 0.686. The fourth-order valence-electron chi connectivity index (χ4n) is 5.38. The number of azide groups is 1. The second-order valence-electron chi connectivity index (χ2n) is 16.4. The van der Waals surface area contributed by atoms with E-state index in [-0.39, 0.29) is 40.5 Å². The highest BCUT2D eigenvalue weighted by Crippen LogP contribution is 2.40. The first-order valence-electron chi connectivity index (χ1n) is 17.2. The third-order valence-corrected chi connectivity index (χ3v) is 19.6. The molecule has 0 saturated carbocycles. The second kappa shape index (κ2) is 15.3. The molecule has 0 spiro atoms. The largest absolute Gasteiger partial charge is 0.414 e. The molecule has 266 valence electrons. The summed E-state index contributed by atoms with van der Waals surface area (Å²) in [6, 6.07) is 7.99. The van der Waals surface area contributed by atoms with Gasteiger partial charge in [0, 0.05) is 30.6 Å². The maximum Gasteiger partial charge on any atom is 0.243 e. The number of aryl methyl sites for hydroxylation is 1. The molecule has 0 radical (unpaired) electrons. The van der Waals surface area contributed by atoms with Gasteiger partial charge >= 0.3 is 0 Å². The van der Waals surface area contributed by atoms with Gasteiger partial charge in [0.05, 0.1) is 24.4 Å². The summed E-state index contributed by atoms with van der Waals surface area (Å²) in [7, 11) is -4.37. The molecule has 2 aromatic rings. The van der Waals surface area contributed by atoms with Crippen molar-refractivity contribution in [3.8, 4) is 11.3 Å². The molecule has 1 aliphatic heterocycles. The Hall–Kier alpha value is -2.97. The van der Waals surface area contributed by atoms with Crippen molar-refractivity contribution in [3.63, 3.8) is 0 Å². The summed E-state index contributed by atoms with van der Waals surface area (Å²) < 4.78 is 15.4. The number of aromatic nitrogens is 2. The predicted molar refractivity (Wildman–Crippen MR) is 197 cm³/mol. The van der Waals surface area contributed by atoms with Gasteiger partial charge in [-0.1, -0.05) is 84.8 Å². The summed E-state index contributed by atoms with van der Waals surface area (Å²) in [6.45, 7) is 28.9. The summed E-state index contributed by atoms with van der Waals surface area (Å²) >= 11 is 0. The summed E-state index contributed by atoms with van der Waals surface area (Å²) in [5, 5.41) is 11.5. The minimum atomic E-state index is -2.21. The highest BCUT2D eigenvalue weighted by Gasteiger charge is 2.47. The minimum Gasteiger partial charge on any atom is -0.414 e. The van der Waals surface area contributed by atoms with Crippen molar-refractivity contribution in [2.24, 2.45) is 11.0 Å². The second-order valence-corrected chi connectivity index (χ2v) is 26.0. The number of likely N-dealkylation sites (tertiary alicyclic amines) is 1. The van der Waals surface area contributed by atoms with Gasteiger partial charge in [-0.25, -0.2) is 0 Å².